The predicted molar refractivity (Wildman–Crippen MR) is 195 cm³/mol. The highest BCUT2D eigenvalue weighted by molar-refractivity contribution is 8.37. The van der Waals surface area contributed by atoms with E-state index in [4.69, 9.17) is 24.4 Å². The minimum absolute atomic E-state index is 0.0707. The van der Waals surface area contributed by atoms with Gasteiger partial charge in [-0.1, -0.05) is 192 Å². The van der Waals surface area contributed by atoms with E-state index in [1.807, 2.05) is 23.5 Å². The average molecular weight is 617 g/mol. The molecule has 0 rings (SSSR count). The van der Waals surface area contributed by atoms with Crippen LogP contribution in [-0.2, 0) is 0 Å². The summed E-state index contributed by atoms with van der Waals surface area (Å²) in [6.07, 6.45) is 38.7. The summed E-state index contributed by atoms with van der Waals surface area (Å²) in [5, 5.41) is 0. The number of hydrogen-bond acceptors (Lipinski definition) is 4. The number of rotatable bonds is 30. The third-order valence-corrected chi connectivity index (χ3v) is 10.9. The molecule has 0 fully saturated rings. The molecule has 0 aliphatic heterocycles. The van der Waals surface area contributed by atoms with Crippen LogP contribution in [0.15, 0.2) is 0 Å². The summed E-state index contributed by atoms with van der Waals surface area (Å²) < 4.78 is 2.43. The second-order valence-electron chi connectivity index (χ2n) is 12.3. The summed E-state index contributed by atoms with van der Waals surface area (Å²) in [6.45, 7) is 9.19. The van der Waals surface area contributed by atoms with Crippen molar-refractivity contribution in [2.45, 2.75) is 212 Å². The third-order valence-electron chi connectivity index (χ3n) is 7.69. The molecule has 0 unspecified atom stereocenters. The second-order valence-corrected chi connectivity index (χ2v) is 17.5. The first-order valence-corrected chi connectivity index (χ1v) is 19.8. The maximum absolute atomic E-state index is 5.74. The Kier molecular flexibility index (Phi) is 31.0. The van der Waals surface area contributed by atoms with E-state index in [2.05, 4.69) is 27.7 Å². The van der Waals surface area contributed by atoms with Crippen LogP contribution < -0.4 is 0 Å². The first kappa shape index (κ1) is 39.9. The van der Waals surface area contributed by atoms with E-state index in [1.54, 1.807) is 0 Å². The lowest BCUT2D eigenvalue weighted by Crippen LogP contribution is -2.14. The summed E-state index contributed by atoms with van der Waals surface area (Å²) >= 11 is 15.3. The van der Waals surface area contributed by atoms with Gasteiger partial charge in [-0.15, -0.1) is 23.5 Å². The molecule has 0 atom stereocenters. The molecule has 232 valence electrons. The molecule has 0 nitrogen and oxygen atoms in total. The molecule has 4 heteroatoms. The van der Waals surface area contributed by atoms with Crippen LogP contribution in [0.25, 0.3) is 0 Å². The topological polar surface area (TPSA) is 0 Å². The van der Waals surface area contributed by atoms with Crippen LogP contribution in [0.2, 0.25) is 0 Å². The van der Waals surface area contributed by atoms with Gasteiger partial charge in [0.05, 0.1) is 4.08 Å². The molecular weight excluding hydrogens is 549 g/mol. The van der Waals surface area contributed by atoms with Crippen molar-refractivity contribution in [3.8, 4) is 0 Å². The van der Waals surface area contributed by atoms with Gasteiger partial charge < -0.3 is 0 Å². The van der Waals surface area contributed by atoms with Crippen molar-refractivity contribution in [1.82, 2.24) is 0 Å². The highest BCUT2D eigenvalue weighted by Gasteiger charge is 2.23. The summed E-state index contributed by atoms with van der Waals surface area (Å²) in [6, 6.07) is 0. The van der Waals surface area contributed by atoms with E-state index in [9.17, 15) is 0 Å². The van der Waals surface area contributed by atoms with Crippen molar-refractivity contribution in [3.63, 3.8) is 0 Å². The van der Waals surface area contributed by atoms with Gasteiger partial charge in [0.1, 0.15) is 0 Å². The van der Waals surface area contributed by atoms with Crippen LogP contribution in [0.5, 0.6) is 0 Å². The Labute approximate surface area is 266 Å². The van der Waals surface area contributed by atoms with Crippen molar-refractivity contribution in [3.05, 3.63) is 0 Å². The Morgan fingerprint density at radius 1 is 0.385 bits per heavy atom. The minimum Gasteiger partial charge on any atom is -0.101 e. The van der Waals surface area contributed by atoms with E-state index in [-0.39, 0.29) is 4.08 Å². The van der Waals surface area contributed by atoms with Gasteiger partial charge in [0, 0.05) is 8.39 Å². The van der Waals surface area contributed by atoms with E-state index in [0.29, 0.717) is 0 Å². The normalized spacial score (nSPS) is 11.8. The quantitative estimate of drug-likeness (QED) is 0.0447. The lowest BCUT2D eigenvalue weighted by atomic mass is 10.0. The Morgan fingerprint density at radius 2 is 0.590 bits per heavy atom. The highest BCUT2D eigenvalue weighted by Crippen LogP contribution is 2.40. The molecule has 0 aliphatic carbocycles. The average Bonchev–Trinajstić information content (AvgIpc) is 2.88. The molecule has 0 aliphatic rings. The Hall–Kier alpha value is 0.880. The molecule has 0 radical (unpaired) electrons. The molecule has 0 aromatic carbocycles. The van der Waals surface area contributed by atoms with Crippen LogP contribution >= 0.6 is 48.0 Å². The van der Waals surface area contributed by atoms with Crippen molar-refractivity contribution >= 4 is 56.4 Å². The zero-order chi connectivity index (χ0) is 28.9. The number of thiocarbonyl (C=S) groups is 2. The van der Waals surface area contributed by atoms with E-state index >= 15 is 0 Å². The lowest BCUT2D eigenvalue weighted by molar-refractivity contribution is 0.541. The molecular formula is C35H68S4. The van der Waals surface area contributed by atoms with E-state index in [0.717, 1.165) is 12.8 Å². The molecule has 0 amide bonds. The second kappa shape index (κ2) is 30.3. The van der Waals surface area contributed by atoms with Gasteiger partial charge in [-0.2, -0.15) is 0 Å². The molecule has 0 saturated heterocycles. The Bertz CT molecular complexity index is 497. The maximum atomic E-state index is 5.74. The molecule has 0 saturated carbocycles. The van der Waals surface area contributed by atoms with Crippen LogP contribution in [0.1, 0.15) is 207 Å². The highest BCUT2D eigenvalue weighted by atomic mass is 32.2. The van der Waals surface area contributed by atoms with Crippen LogP contribution in [0, 0.1) is 0 Å². The predicted octanol–water partition coefficient (Wildman–Crippen LogP) is 14.8. The molecule has 0 bridgehead atoms. The van der Waals surface area contributed by atoms with Gasteiger partial charge in [0.25, 0.3) is 0 Å². The first-order valence-electron chi connectivity index (χ1n) is 17.3. The van der Waals surface area contributed by atoms with Crippen molar-refractivity contribution < 1.29 is 0 Å². The number of hydrogen-bond donors (Lipinski definition) is 0. The largest absolute Gasteiger partial charge is 0.101 e. The van der Waals surface area contributed by atoms with Gasteiger partial charge in [-0.05, 0) is 39.5 Å². The zero-order valence-electron chi connectivity index (χ0n) is 26.9. The van der Waals surface area contributed by atoms with Crippen LogP contribution in [0.4, 0.5) is 0 Å². The monoisotopic (exact) mass is 616 g/mol. The van der Waals surface area contributed by atoms with Gasteiger partial charge in [0.2, 0.25) is 0 Å². The molecule has 0 aromatic rings. The standard InChI is InChI=1S/C35H68S4/c1-5-7-9-11-13-15-17-19-21-23-25-27-29-31-33(36)38-35(3,4)39-34(37)32-30-28-26-24-22-20-18-16-14-12-10-8-6-2/h5-32H2,1-4H3. The van der Waals surface area contributed by atoms with Gasteiger partial charge in [-0.3, -0.25) is 0 Å². The van der Waals surface area contributed by atoms with Crippen molar-refractivity contribution in [2.24, 2.45) is 0 Å². The summed E-state index contributed by atoms with van der Waals surface area (Å²) in [5.41, 5.74) is 0. The molecule has 0 heterocycles. The van der Waals surface area contributed by atoms with E-state index in [1.165, 1.54) is 175 Å². The smallest absolute Gasteiger partial charge is 0.0659 e. The van der Waals surface area contributed by atoms with Crippen LogP contribution in [0.3, 0.4) is 0 Å². The van der Waals surface area contributed by atoms with Gasteiger partial charge in [0.15, 0.2) is 0 Å². The fourth-order valence-electron chi connectivity index (χ4n) is 5.25. The molecule has 0 spiro atoms. The Morgan fingerprint density at radius 3 is 0.821 bits per heavy atom. The fraction of sp³-hybridized carbons (Fsp3) is 0.943. The van der Waals surface area contributed by atoms with Crippen LogP contribution in [-0.4, -0.2) is 12.5 Å². The molecule has 39 heavy (non-hydrogen) atoms. The zero-order valence-corrected chi connectivity index (χ0v) is 30.2. The fourth-order valence-corrected chi connectivity index (χ4v) is 9.46. The number of thioether (sulfide) groups is 2. The SMILES string of the molecule is CCCCCCCCCCCCCCCC(=S)SC(C)(C)SC(=S)CCCCCCCCCCCCCCC. The van der Waals surface area contributed by atoms with E-state index < -0.39 is 0 Å². The van der Waals surface area contributed by atoms with Gasteiger partial charge in [-0.25, -0.2) is 0 Å². The van der Waals surface area contributed by atoms with Crippen molar-refractivity contribution in [2.75, 3.05) is 0 Å². The van der Waals surface area contributed by atoms with Gasteiger partial charge >= 0.3 is 0 Å². The lowest BCUT2D eigenvalue weighted by Gasteiger charge is -2.24. The summed E-state index contributed by atoms with van der Waals surface area (Å²) in [5.74, 6) is 0. The minimum atomic E-state index is 0.0707. The maximum Gasteiger partial charge on any atom is 0.0659 e. The Balaban J connectivity index is 3.56. The summed E-state index contributed by atoms with van der Waals surface area (Å²) in [7, 11) is 0. The van der Waals surface area contributed by atoms with Crippen molar-refractivity contribution in [1.29, 1.82) is 0 Å². The molecule has 0 aromatic heterocycles. The molecule has 0 N–H and O–H groups in total. The third kappa shape index (κ3) is 31.6. The summed E-state index contributed by atoms with van der Waals surface area (Å²) in [4.78, 5) is 0. The number of unbranched alkanes of at least 4 members (excludes halogenated alkanes) is 24. The first-order chi connectivity index (χ1) is 18.9.